The van der Waals surface area contributed by atoms with Crippen molar-refractivity contribution < 1.29 is 14.3 Å². The van der Waals surface area contributed by atoms with E-state index in [-0.39, 0.29) is 17.7 Å². The van der Waals surface area contributed by atoms with Gasteiger partial charge in [0.25, 0.3) is 0 Å². The zero-order valence-electron chi connectivity index (χ0n) is 14.4. The summed E-state index contributed by atoms with van der Waals surface area (Å²) in [6.45, 7) is 2.11. The molecule has 0 aliphatic rings. The number of hydrogen-bond acceptors (Lipinski definition) is 3. The quantitative estimate of drug-likeness (QED) is 0.599. The first kappa shape index (κ1) is 18.2. The molecule has 5 heteroatoms. The van der Waals surface area contributed by atoms with Gasteiger partial charge in [-0.1, -0.05) is 61.0 Å². The van der Waals surface area contributed by atoms with Crippen LogP contribution >= 0.6 is 11.6 Å². The van der Waals surface area contributed by atoms with Crippen LogP contribution in [0.3, 0.4) is 0 Å². The topological polar surface area (TPSA) is 63.3 Å². The fourth-order valence-corrected chi connectivity index (χ4v) is 3.42. The molecule has 4 nitrogen and oxygen atoms in total. The number of oxazole rings is 1. The van der Waals surface area contributed by atoms with E-state index in [1.54, 1.807) is 0 Å². The van der Waals surface area contributed by atoms with Gasteiger partial charge in [-0.15, -0.1) is 0 Å². The van der Waals surface area contributed by atoms with Crippen LogP contribution in [0.15, 0.2) is 71.5 Å². The molecule has 0 fully saturated rings. The molecule has 1 aromatic heterocycles. The van der Waals surface area contributed by atoms with Crippen molar-refractivity contribution in [2.24, 2.45) is 0 Å². The Balaban J connectivity index is 1.95. The summed E-state index contributed by atoms with van der Waals surface area (Å²) in [5, 5.41) is 10.4. The summed E-state index contributed by atoms with van der Waals surface area (Å²) in [5.74, 6) is -1.40. The largest absolute Gasteiger partial charge is 0.481 e. The van der Waals surface area contributed by atoms with E-state index in [2.05, 4.69) is 11.9 Å². The molecule has 1 N–H and O–H groups in total. The number of carboxylic acids is 1. The molecule has 0 spiro atoms. The predicted octanol–water partition coefficient (Wildman–Crippen LogP) is 5.47. The maximum absolute atomic E-state index is 11.9. The summed E-state index contributed by atoms with van der Waals surface area (Å²) in [5.41, 5.74) is 2.20. The molecule has 3 rings (SSSR count). The van der Waals surface area contributed by atoms with Gasteiger partial charge in [0.05, 0.1) is 6.20 Å². The Labute approximate surface area is 157 Å². The van der Waals surface area contributed by atoms with Crippen LogP contribution in [0.25, 0.3) is 0 Å². The highest BCUT2D eigenvalue weighted by atomic mass is 35.5. The number of rotatable bonds is 7. The Bertz CT molecular complexity index is 831. The van der Waals surface area contributed by atoms with Crippen molar-refractivity contribution in [1.82, 2.24) is 4.98 Å². The highest BCUT2D eigenvalue weighted by molar-refractivity contribution is 6.30. The maximum atomic E-state index is 11.9. The van der Waals surface area contributed by atoms with Crippen molar-refractivity contribution in [2.45, 2.75) is 31.1 Å². The van der Waals surface area contributed by atoms with Gasteiger partial charge < -0.3 is 9.52 Å². The van der Waals surface area contributed by atoms with Crippen molar-refractivity contribution in [2.75, 3.05) is 0 Å². The van der Waals surface area contributed by atoms with Crippen molar-refractivity contribution in [3.05, 3.63) is 89.1 Å². The van der Waals surface area contributed by atoms with Gasteiger partial charge in [-0.05, 0) is 41.5 Å². The highest BCUT2D eigenvalue weighted by Crippen LogP contribution is 2.40. The molecule has 0 saturated carbocycles. The lowest BCUT2D eigenvalue weighted by Crippen LogP contribution is -2.19. The Morgan fingerprint density at radius 1 is 1.12 bits per heavy atom. The first-order chi connectivity index (χ1) is 12.6. The van der Waals surface area contributed by atoms with E-state index in [9.17, 15) is 9.90 Å². The lowest BCUT2D eigenvalue weighted by Gasteiger charge is -2.27. The van der Waals surface area contributed by atoms with Crippen LogP contribution in [-0.2, 0) is 4.79 Å². The lowest BCUT2D eigenvalue weighted by molar-refractivity contribution is -0.139. The number of aliphatic carboxylic acids is 1. The Morgan fingerprint density at radius 2 is 1.81 bits per heavy atom. The molecule has 3 aromatic rings. The maximum Gasteiger partial charge on any atom is 0.315 e. The number of carboxylic acid groups (broad SMARTS) is 1. The van der Waals surface area contributed by atoms with Gasteiger partial charge in [-0.25, -0.2) is 4.98 Å². The van der Waals surface area contributed by atoms with Gasteiger partial charge in [0.15, 0.2) is 0 Å². The first-order valence-electron chi connectivity index (χ1n) is 8.49. The highest BCUT2D eigenvalue weighted by Gasteiger charge is 2.31. The van der Waals surface area contributed by atoms with Gasteiger partial charge >= 0.3 is 5.97 Å². The van der Waals surface area contributed by atoms with Crippen LogP contribution in [0, 0.1) is 0 Å². The molecule has 1 heterocycles. The van der Waals surface area contributed by atoms with Crippen molar-refractivity contribution in [1.29, 1.82) is 0 Å². The predicted molar refractivity (Wildman–Crippen MR) is 101 cm³/mol. The number of halogens is 1. The number of nitrogens with zero attached hydrogens (tertiary/aromatic N) is 1. The van der Waals surface area contributed by atoms with E-state index in [1.165, 1.54) is 12.5 Å². The Hall–Kier alpha value is -2.59. The third-order valence-corrected chi connectivity index (χ3v) is 5.02. The van der Waals surface area contributed by atoms with E-state index in [4.69, 9.17) is 16.0 Å². The summed E-state index contributed by atoms with van der Waals surface area (Å²) in [6.07, 6.45) is 3.28. The van der Waals surface area contributed by atoms with Crippen molar-refractivity contribution >= 4 is 17.6 Å². The fourth-order valence-electron chi connectivity index (χ4n) is 3.30. The fraction of sp³-hybridized carbons (Fsp3) is 0.238. The number of carbonyl (C=O) groups is 1. The second-order valence-electron chi connectivity index (χ2n) is 6.35. The van der Waals surface area contributed by atoms with Crippen LogP contribution in [0.1, 0.15) is 48.1 Å². The summed E-state index contributed by atoms with van der Waals surface area (Å²) in [6, 6.07) is 17.7. The van der Waals surface area contributed by atoms with Gasteiger partial charge in [0.1, 0.15) is 12.2 Å². The average molecular weight is 370 g/mol. The van der Waals surface area contributed by atoms with E-state index in [0.29, 0.717) is 11.4 Å². The number of aromatic nitrogens is 1. The van der Waals surface area contributed by atoms with E-state index in [1.807, 2.05) is 54.6 Å². The lowest BCUT2D eigenvalue weighted by atomic mass is 9.77. The number of hydrogen-bond donors (Lipinski definition) is 1. The second kappa shape index (κ2) is 8.19. The minimum Gasteiger partial charge on any atom is -0.481 e. The van der Waals surface area contributed by atoms with Gasteiger partial charge in [-0.3, -0.25) is 4.79 Å². The molecule has 0 aliphatic heterocycles. The molecule has 0 amide bonds. The summed E-state index contributed by atoms with van der Waals surface area (Å²) in [4.78, 5) is 15.9. The van der Waals surface area contributed by atoms with Crippen LogP contribution < -0.4 is 0 Å². The summed E-state index contributed by atoms with van der Waals surface area (Å²) < 4.78 is 5.29. The molecule has 26 heavy (non-hydrogen) atoms. The monoisotopic (exact) mass is 369 g/mol. The number of benzene rings is 2. The van der Waals surface area contributed by atoms with E-state index >= 15 is 0 Å². The van der Waals surface area contributed by atoms with E-state index < -0.39 is 11.9 Å². The normalized spacial score (nSPS) is 14.5. The minimum absolute atomic E-state index is 0.00891. The molecule has 0 bridgehead atoms. The van der Waals surface area contributed by atoms with Crippen LogP contribution in [0.4, 0.5) is 0 Å². The molecule has 0 aliphatic carbocycles. The summed E-state index contributed by atoms with van der Waals surface area (Å²) >= 11 is 6.01. The SMILES string of the molecule is CC(c1ccc(Cl)cc1)C(CC(C(=O)O)c1ncco1)c1ccccc1. The summed E-state index contributed by atoms with van der Waals surface area (Å²) in [7, 11) is 0. The standard InChI is InChI=1S/C21H20ClNO3/c1-14(15-7-9-17(22)10-8-15)18(16-5-3-2-4-6-16)13-19(21(24)25)20-23-11-12-26-20/h2-12,14,18-19H,13H2,1H3,(H,24,25). The third-order valence-electron chi connectivity index (χ3n) is 4.76. The molecular formula is C21H20ClNO3. The Kier molecular flexibility index (Phi) is 5.74. The molecule has 3 unspecified atom stereocenters. The average Bonchev–Trinajstić information content (AvgIpc) is 3.17. The third kappa shape index (κ3) is 4.14. The molecule has 0 saturated heterocycles. The smallest absolute Gasteiger partial charge is 0.315 e. The minimum atomic E-state index is -0.934. The molecule has 134 valence electrons. The Morgan fingerprint density at radius 3 is 2.38 bits per heavy atom. The van der Waals surface area contributed by atoms with Crippen LogP contribution in [-0.4, -0.2) is 16.1 Å². The van der Waals surface area contributed by atoms with Crippen LogP contribution in [0.2, 0.25) is 5.02 Å². The van der Waals surface area contributed by atoms with Gasteiger partial charge in [-0.2, -0.15) is 0 Å². The van der Waals surface area contributed by atoms with E-state index in [0.717, 1.165) is 11.1 Å². The van der Waals surface area contributed by atoms with Gasteiger partial charge in [0.2, 0.25) is 5.89 Å². The van der Waals surface area contributed by atoms with Crippen molar-refractivity contribution in [3.63, 3.8) is 0 Å². The molecule has 3 atom stereocenters. The molecule has 0 radical (unpaired) electrons. The van der Waals surface area contributed by atoms with Crippen molar-refractivity contribution in [3.8, 4) is 0 Å². The molecule has 2 aromatic carbocycles. The van der Waals surface area contributed by atoms with Crippen LogP contribution in [0.5, 0.6) is 0 Å². The molecular weight excluding hydrogens is 350 g/mol. The first-order valence-corrected chi connectivity index (χ1v) is 8.86. The second-order valence-corrected chi connectivity index (χ2v) is 6.79. The zero-order valence-corrected chi connectivity index (χ0v) is 15.1. The zero-order chi connectivity index (χ0) is 18.5. The van der Waals surface area contributed by atoms with Gasteiger partial charge in [0, 0.05) is 5.02 Å².